The van der Waals surface area contributed by atoms with Gasteiger partial charge in [0.2, 0.25) is 0 Å². The first-order valence-electron chi connectivity index (χ1n) is 5.08. The number of H-pyrrole nitrogens is 1. The van der Waals surface area contributed by atoms with Gasteiger partial charge in [-0.1, -0.05) is 12.1 Å². The van der Waals surface area contributed by atoms with Gasteiger partial charge in [0.25, 0.3) is 0 Å². The van der Waals surface area contributed by atoms with Gasteiger partial charge < -0.3 is 4.98 Å². The smallest absolute Gasteiger partial charge is 0.184 e. The number of fused-ring (bicyclic) bond motifs is 1. The zero-order chi connectivity index (χ0) is 11.8. The lowest BCUT2D eigenvalue weighted by Gasteiger charge is -2.05. The molecule has 0 saturated heterocycles. The van der Waals surface area contributed by atoms with Gasteiger partial charge in [-0.25, -0.2) is 4.98 Å². The molecule has 2 aromatic heterocycles. The fourth-order valence-electron chi connectivity index (χ4n) is 1.80. The van der Waals surface area contributed by atoms with Gasteiger partial charge in [0.05, 0.1) is 11.2 Å². The summed E-state index contributed by atoms with van der Waals surface area (Å²) in [5.41, 5.74) is 2.88. The lowest BCUT2D eigenvalue weighted by atomic mass is 10.3. The van der Waals surface area contributed by atoms with E-state index in [1.807, 2.05) is 34.9 Å². The first-order chi connectivity index (χ1) is 8.27. The van der Waals surface area contributed by atoms with Crippen molar-refractivity contribution in [3.63, 3.8) is 0 Å². The Morgan fingerprint density at radius 1 is 1.18 bits per heavy atom. The molecular formula is C12H8IN3S. The Morgan fingerprint density at radius 2 is 2.00 bits per heavy atom. The Balaban J connectivity index is 2.42. The van der Waals surface area contributed by atoms with Gasteiger partial charge >= 0.3 is 0 Å². The number of aromatic nitrogens is 3. The molecule has 3 rings (SSSR count). The molecule has 1 aromatic carbocycles. The maximum Gasteiger partial charge on any atom is 0.184 e. The number of pyridine rings is 1. The highest BCUT2D eigenvalue weighted by atomic mass is 127. The highest BCUT2D eigenvalue weighted by Crippen LogP contribution is 2.21. The lowest BCUT2D eigenvalue weighted by Crippen LogP contribution is -1.97. The maximum atomic E-state index is 5.36. The molecule has 0 aliphatic carbocycles. The summed E-state index contributed by atoms with van der Waals surface area (Å²) in [6, 6.07) is 12.0. The van der Waals surface area contributed by atoms with Crippen LogP contribution in [0.3, 0.4) is 0 Å². The molecule has 0 radical (unpaired) electrons. The molecule has 17 heavy (non-hydrogen) atoms. The molecule has 84 valence electrons. The molecule has 0 fully saturated rings. The highest BCUT2D eigenvalue weighted by molar-refractivity contribution is 14.1. The van der Waals surface area contributed by atoms with Gasteiger partial charge in [0.15, 0.2) is 10.4 Å². The van der Waals surface area contributed by atoms with Crippen molar-refractivity contribution >= 4 is 46.0 Å². The van der Waals surface area contributed by atoms with Gasteiger partial charge in [-0.05, 0) is 59.1 Å². The number of nitrogens with zero attached hydrogens (tertiary/aromatic N) is 2. The Morgan fingerprint density at radius 3 is 2.82 bits per heavy atom. The molecule has 0 aliphatic heterocycles. The van der Waals surface area contributed by atoms with Crippen molar-refractivity contribution in [2.45, 2.75) is 0 Å². The van der Waals surface area contributed by atoms with Crippen molar-refractivity contribution < 1.29 is 0 Å². The second-order valence-corrected chi connectivity index (χ2v) is 5.14. The van der Waals surface area contributed by atoms with Gasteiger partial charge in [0.1, 0.15) is 0 Å². The highest BCUT2D eigenvalue weighted by Gasteiger charge is 2.08. The minimum absolute atomic E-state index is 0.669. The largest absolute Gasteiger partial charge is 0.329 e. The van der Waals surface area contributed by atoms with Crippen LogP contribution in [0.4, 0.5) is 0 Å². The van der Waals surface area contributed by atoms with E-state index in [1.165, 1.54) is 0 Å². The summed E-state index contributed by atoms with van der Waals surface area (Å²) in [5.74, 6) is 0. The van der Waals surface area contributed by atoms with E-state index in [2.05, 4.69) is 38.6 Å². The van der Waals surface area contributed by atoms with E-state index in [1.54, 1.807) is 6.20 Å². The van der Waals surface area contributed by atoms with Crippen LogP contribution in [0.5, 0.6) is 0 Å². The van der Waals surface area contributed by atoms with Crippen molar-refractivity contribution in [2.75, 3.05) is 0 Å². The fraction of sp³-hybridized carbons (Fsp3) is 0. The van der Waals surface area contributed by atoms with Crippen LogP contribution in [-0.2, 0) is 0 Å². The first kappa shape index (κ1) is 10.9. The SMILES string of the molecule is S=c1[nH]c2cccnc2n1-c1ccccc1I. The summed E-state index contributed by atoms with van der Waals surface area (Å²) < 4.78 is 3.78. The summed E-state index contributed by atoms with van der Waals surface area (Å²) in [5, 5.41) is 0. The van der Waals surface area contributed by atoms with Crippen molar-refractivity contribution in [3.05, 3.63) is 50.9 Å². The molecule has 0 saturated carbocycles. The van der Waals surface area contributed by atoms with Crippen LogP contribution in [-0.4, -0.2) is 14.5 Å². The van der Waals surface area contributed by atoms with Crippen LogP contribution in [0.1, 0.15) is 0 Å². The fourth-order valence-corrected chi connectivity index (χ4v) is 2.72. The van der Waals surface area contributed by atoms with E-state index >= 15 is 0 Å². The van der Waals surface area contributed by atoms with E-state index < -0.39 is 0 Å². The number of rotatable bonds is 1. The molecular weight excluding hydrogens is 345 g/mol. The third kappa shape index (κ3) is 1.79. The van der Waals surface area contributed by atoms with Crippen LogP contribution >= 0.6 is 34.8 Å². The Bertz CT molecular complexity index is 745. The minimum Gasteiger partial charge on any atom is -0.329 e. The van der Waals surface area contributed by atoms with Crippen molar-refractivity contribution in [1.82, 2.24) is 14.5 Å². The minimum atomic E-state index is 0.669. The monoisotopic (exact) mass is 353 g/mol. The Hall–Kier alpha value is -1.21. The normalized spacial score (nSPS) is 10.9. The number of aromatic amines is 1. The van der Waals surface area contributed by atoms with Crippen molar-refractivity contribution in [1.29, 1.82) is 0 Å². The molecule has 0 atom stereocenters. The number of para-hydroxylation sites is 1. The Labute approximate surface area is 117 Å². The zero-order valence-electron chi connectivity index (χ0n) is 8.72. The number of benzene rings is 1. The van der Waals surface area contributed by atoms with Crippen LogP contribution in [0.15, 0.2) is 42.6 Å². The summed E-state index contributed by atoms with van der Waals surface area (Å²) in [7, 11) is 0. The summed E-state index contributed by atoms with van der Waals surface area (Å²) >= 11 is 7.66. The number of imidazole rings is 1. The van der Waals surface area contributed by atoms with E-state index in [4.69, 9.17) is 12.2 Å². The van der Waals surface area contributed by atoms with Crippen molar-refractivity contribution in [2.24, 2.45) is 0 Å². The van der Waals surface area contributed by atoms with Crippen molar-refractivity contribution in [3.8, 4) is 5.69 Å². The number of halogens is 1. The topological polar surface area (TPSA) is 33.6 Å². The summed E-state index contributed by atoms with van der Waals surface area (Å²) in [6.45, 7) is 0. The molecule has 0 unspecified atom stereocenters. The van der Waals surface area contributed by atoms with Gasteiger partial charge in [-0.2, -0.15) is 0 Å². The van der Waals surface area contributed by atoms with E-state index in [9.17, 15) is 0 Å². The van der Waals surface area contributed by atoms with Crippen LogP contribution in [0.2, 0.25) is 0 Å². The summed E-state index contributed by atoms with van der Waals surface area (Å²) in [6.07, 6.45) is 1.78. The van der Waals surface area contributed by atoms with Crippen LogP contribution in [0, 0.1) is 8.34 Å². The number of hydrogen-bond acceptors (Lipinski definition) is 2. The predicted molar refractivity (Wildman–Crippen MR) is 79.0 cm³/mol. The van der Waals surface area contributed by atoms with Gasteiger partial charge in [0, 0.05) is 9.77 Å². The van der Waals surface area contributed by atoms with Gasteiger partial charge in [-0.15, -0.1) is 0 Å². The summed E-state index contributed by atoms with van der Waals surface area (Å²) in [4.78, 5) is 7.55. The zero-order valence-corrected chi connectivity index (χ0v) is 11.7. The molecule has 2 heterocycles. The molecule has 1 N–H and O–H groups in total. The van der Waals surface area contributed by atoms with Gasteiger partial charge in [-0.3, -0.25) is 4.57 Å². The Kier molecular flexibility index (Phi) is 2.71. The maximum absolute atomic E-state index is 5.36. The quantitative estimate of drug-likeness (QED) is 0.535. The second-order valence-electron chi connectivity index (χ2n) is 3.59. The molecule has 0 amide bonds. The predicted octanol–water partition coefficient (Wildman–Crippen LogP) is 3.69. The average molecular weight is 353 g/mol. The molecule has 0 spiro atoms. The number of hydrogen-bond donors (Lipinski definition) is 1. The van der Waals surface area contributed by atoms with Crippen LogP contribution in [0.25, 0.3) is 16.9 Å². The molecule has 0 bridgehead atoms. The third-order valence-electron chi connectivity index (χ3n) is 2.54. The lowest BCUT2D eigenvalue weighted by molar-refractivity contribution is 1.04. The molecule has 5 heteroatoms. The third-order valence-corrected chi connectivity index (χ3v) is 3.73. The van der Waals surface area contributed by atoms with Crippen LogP contribution < -0.4 is 0 Å². The average Bonchev–Trinajstić information content (AvgIpc) is 2.66. The molecule has 0 aliphatic rings. The molecule has 3 aromatic rings. The first-order valence-corrected chi connectivity index (χ1v) is 6.57. The molecule has 3 nitrogen and oxygen atoms in total. The number of nitrogens with one attached hydrogen (secondary N) is 1. The van der Waals surface area contributed by atoms with E-state index in [0.717, 1.165) is 20.4 Å². The second kappa shape index (κ2) is 4.23. The van der Waals surface area contributed by atoms with E-state index in [0.29, 0.717) is 4.77 Å². The van der Waals surface area contributed by atoms with E-state index in [-0.39, 0.29) is 0 Å². The standard InChI is InChI=1S/C12H8IN3S/c13-8-4-1-2-6-10(8)16-11-9(15-12(16)17)5-3-7-14-11/h1-7H,(H,15,17).